The molecule has 5 heteroatoms. The molecule has 0 radical (unpaired) electrons. The molecular formula is C12H25N3O2. The van der Waals surface area contributed by atoms with E-state index >= 15 is 0 Å². The van der Waals surface area contributed by atoms with Crippen molar-refractivity contribution in [3.8, 4) is 0 Å². The molecule has 5 nitrogen and oxygen atoms in total. The Labute approximate surface area is 104 Å². The Kier molecular flexibility index (Phi) is 6.47. The van der Waals surface area contributed by atoms with E-state index in [1.165, 1.54) is 6.42 Å². The number of carbonyl (C=O) groups is 1. The van der Waals surface area contributed by atoms with Crippen LogP contribution in [0.2, 0.25) is 0 Å². The van der Waals surface area contributed by atoms with Crippen molar-refractivity contribution in [2.45, 2.75) is 38.3 Å². The molecule has 1 aliphatic heterocycles. The van der Waals surface area contributed by atoms with Crippen LogP contribution in [0, 0.1) is 0 Å². The number of nitrogens with zero attached hydrogens (tertiary/aromatic N) is 1. The number of primary amides is 1. The molecule has 1 heterocycles. The van der Waals surface area contributed by atoms with Gasteiger partial charge in [0.2, 0.25) is 5.91 Å². The minimum absolute atomic E-state index is 0.228. The number of hydrogen-bond acceptors (Lipinski definition) is 4. The molecule has 100 valence electrons. The van der Waals surface area contributed by atoms with Crippen molar-refractivity contribution in [3.05, 3.63) is 0 Å². The lowest BCUT2D eigenvalue weighted by atomic mass is 10.1. The zero-order valence-corrected chi connectivity index (χ0v) is 10.9. The summed E-state index contributed by atoms with van der Waals surface area (Å²) >= 11 is 0. The van der Waals surface area contributed by atoms with Gasteiger partial charge in [-0.25, -0.2) is 0 Å². The third kappa shape index (κ3) is 5.02. The molecular weight excluding hydrogens is 218 g/mol. The number of amides is 1. The highest BCUT2D eigenvalue weighted by molar-refractivity contribution is 5.79. The topological polar surface area (TPSA) is 67.6 Å². The van der Waals surface area contributed by atoms with Gasteiger partial charge in [-0.15, -0.1) is 0 Å². The van der Waals surface area contributed by atoms with E-state index in [0.717, 1.165) is 39.1 Å². The summed E-state index contributed by atoms with van der Waals surface area (Å²) in [5.41, 5.74) is 5.29. The molecule has 1 aliphatic rings. The number of hydrogen-bond donors (Lipinski definition) is 2. The zero-order valence-electron chi connectivity index (χ0n) is 10.9. The van der Waals surface area contributed by atoms with Gasteiger partial charge in [0.05, 0.1) is 12.1 Å². The first-order valence-corrected chi connectivity index (χ1v) is 6.48. The van der Waals surface area contributed by atoms with Gasteiger partial charge >= 0.3 is 0 Å². The van der Waals surface area contributed by atoms with Crippen molar-refractivity contribution in [2.75, 3.05) is 33.3 Å². The molecule has 1 fully saturated rings. The van der Waals surface area contributed by atoms with Crippen LogP contribution in [-0.2, 0) is 9.53 Å². The number of nitrogens with one attached hydrogen (secondary N) is 1. The van der Waals surface area contributed by atoms with Crippen molar-refractivity contribution in [3.63, 3.8) is 0 Å². The fourth-order valence-corrected chi connectivity index (χ4v) is 2.20. The van der Waals surface area contributed by atoms with Gasteiger partial charge in [-0.2, -0.15) is 0 Å². The third-order valence-corrected chi connectivity index (χ3v) is 3.36. The standard InChI is InChI=1S/C12H25N3O2/c1-3-15(9-10-5-4-8-17-10)7-6-11(14-2)12(13)16/h10-11,14H,3-9H2,1-2H3,(H2,13,16). The largest absolute Gasteiger partial charge is 0.377 e. The number of ether oxygens (including phenoxy) is 1. The molecule has 1 rings (SSSR count). The summed E-state index contributed by atoms with van der Waals surface area (Å²) in [5, 5.41) is 2.94. The number of rotatable bonds is 8. The summed E-state index contributed by atoms with van der Waals surface area (Å²) < 4.78 is 5.62. The fraction of sp³-hybridized carbons (Fsp3) is 0.917. The summed E-state index contributed by atoms with van der Waals surface area (Å²) in [4.78, 5) is 13.4. The van der Waals surface area contributed by atoms with Crippen LogP contribution in [0.15, 0.2) is 0 Å². The van der Waals surface area contributed by atoms with Crippen molar-refractivity contribution < 1.29 is 9.53 Å². The summed E-state index contributed by atoms with van der Waals surface area (Å²) in [6.07, 6.45) is 3.45. The van der Waals surface area contributed by atoms with Crippen LogP contribution in [-0.4, -0.2) is 56.2 Å². The Bertz CT molecular complexity index is 230. The van der Waals surface area contributed by atoms with Gasteiger partial charge < -0.3 is 20.7 Å². The van der Waals surface area contributed by atoms with Crippen molar-refractivity contribution in [2.24, 2.45) is 5.73 Å². The first-order valence-electron chi connectivity index (χ1n) is 6.48. The van der Waals surface area contributed by atoms with E-state index in [1.54, 1.807) is 7.05 Å². The van der Waals surface area contributed by atoms with Gasteiger partial charge in [-0.3, -0.25) is 4.79 Å². The highest BCUT2D eigenvalue weighted by Gasteiger charge is 2.20. The van der Waals surface area contributed by atoms with Crippen LogP contribution >= 0.6 is 0 Å². The van der Waals surface area contributed by atoms with Gasteiger partial charge in [-0.05, 0) is 32.9 Å². The molecule has 0 aromatic heterocycles. The van der Waals surface area contributed by atoms with E-state index in [9.17, 15) is 4.79 Å². The summed E-state index contributed by atoms with van der Waals surface area (Å²) in [5.74, 6) is -0.277. The molecule has 1 amide bonds. The molecule has 0 spiro atoms. The molecule has 0 aromatic rings. The van der Waals surface area contributed by atoms with Crippen LogP contribution in [0.25, 0.3) is 0 Å². The molecule has 0 aliphatic carbocycles. The molecule has 2 unspecified atom stereocenters. The second-order valence-corrected chi connectivity index (χ2v) is 4.56. The van der Waals surface area contributed by atoms with Crippen LogP contribution < -0.4 is 11.1 Å². The fourth-order valence-electron chi connectivity index (χ4n) is 2.20. The summed E-state index contributed by atoms with van der Waals surface area (Å²) in [6.45, 7) is 5.85. The van der Waals surface area contributed by atoms with Crippen LogP contribution in [0.1, 0.15) is 26.2 Å². The van der Waals surface area contributed by atoms with E-state index in [2.05, 4.69) is 17.1 Å². The average molecular weight is 243 g/mol. The van der Waals surface area contributed by atoms with Crippen molar-refractivity contribution >= 4 is 5.91 Å². The lowest BCUT2D eigenvalue weighted by Crippen LogP contribution is -2.42. The average Bonchev–Trinajstić information content (AvgIpc) is 2.80. The first-order chi connectivity index (χ1) is 8.17. The van der Waals surface area contributed by atoms with E-state index in [1.807, 2.05) is 0 Å². The maximum Gasteiger partial charge on any atom is 0.234 e. The van der Waals surface area contributed by atoms with Crippen LogP contribution in [0.3, 0.4) is 0 Å². The number of carbonyl (C=O) groups excluding carboxylic acids is 1. The molecule has 0 aromatic carbocycles. The molecule has 2 atom stereocenters. The molecule has 1 saturated heterocycles. The van der Waals surface area contributed by atoms with Crippen molar-refractivity contribution in [1.82, 2.24) is 10.2 Å². The highest BCUT2D eigenvalue weighted by Crippen LogP contribution is 2.13. The zero-order chi connectivity index (χ0) is 12.7. The monoisotopic (exact) mass is 243 g/mol. The Morgan fingerprint density at radius 3 is 2.88 bits per heavy atom. The van der Waals surface area contributed by atoms with E-state index in [0.29, 0.717) is 6.10 Å². The molecule has 0 saturated carbocycles. The minimum Gasteiger partial charge on any atom is -0.377 e. The first kappa shape index (κ1) is 14.4. The van der Waals surface area contributed by atoms with E-state index < -0.39 is 0 Å². The number of likely N-dealkylation sites (N-methyl/N-ethyl adjacent to an activating group) is 2. The molecule has 0 bridgehead atoms. The van der Waals surface area contributed by atoms with Crippen LogP contribution in [0.4, 0.5) is 0 Å². The lowest BCUT2D eigenvalue weighted by molar-refractivity contribution is -0.120. The summed E-state index contributed by atoms with van der Waals surface area (Å²) in [6, 6.07) is -0.228. The lowest BCUT2D eigenvalue weighted by Gasteiger charge is -2.25. The van der Waals surface area contributed by atoms with Gasteiger partial charge in [0, 0.05) is 19.7 Å². The second kappa shape index (κ2) is 7.63. The van der Waals surface area contributed by atoms with Gasteiger partial charge in [0.25, 0.3) is 0 Å². The Balaban J connectivity index is 2.27. The summed E-state index contributed by atoms with van der Waals surface area (Å²) in [7, 11) is 1.77. The van der Waals surface area contributed by atoms with Gasteiger partial charge in [0.1, 0.15) is 0 Å². The molecule has 17 heavy (non-hydrogen) atoms. The maximum atomic E-state index is 11.1. The quantitative estimate of drug-likeness (QED) is 0.627. The maximum absolute atomic E-state index is 11.1. The highest BCUT2D eigenvalue weighted by atomic mass is 16.5. The van der Waals surface area contributed by atoms with Gasteiger partial charge in [-0.1, -0.05) is 6.92 Å². The van der Waals surface area contributed by atoms with E-state index in [4.69, 9.17) is 10.5 Å². The SMILES string of the molecule is CCN(CCC(NC)C(N)=O)CC1CCCO1. The number of nitrogens with two attached hydrogens (primary N) is 1. The Morgan fingerprint density at radius 2 is 2.41 bits per heavy atom. The smallest absolute Gasteiger partial charge is 0.234 e. The minimum atomic E-state index is -0.277. The predicted molar refractivity (Wildman–Crippen MR) is 67.7 cm³/mol. The second-order valence-electron chi connectivity index (χ2n) is 4.56. The Hall–Kier alpha value is -0.650. The van der Waals surface area contributed by atoms with Crippen molar-refractivity contribution in [1.29, 1.82) is 0 Å². The molecule has 3 N–H and O–H groups in total. The third-order valence-electron chi connectivity index (χ3n) is 3.36. The Morgan fingerprint density at radius 1 is 1.65 bits per heavy atom. The van der Waals surface area contributed by atoms with Crippen LogP contribution in [0.5, 0.6) is 0 Å². The van der Waals surface area contributed by atoms with E-state index in [-0.39, 0.29) is 11.9 Å². The predicted octanol–water partition coefficient (Wildman–Crippen LogP) is -0.0493. The normalized spacial score (nSPS) is 21.9. The van der Waals surface area contributed by atoms with Gasteiger partial charge in [0.15, 0.2) is 0 Å².